The van der Waals surface area contributed by atoms with Gasteiger partial charge in [-0.05, 0) is 19.4 Å². The molecular weight excluding hydrogens is 186 g/mol. The molecule has 0 aromatic carbocycles. The summed E-state index contributed by atoms with van der Waals surface area (Å²) in [5.74, 6) is -0.223. The second kappa shape index (κ2) is 3.75. The summed E-state index contributed by atoms with van der Waals surface area (Å²) in [6.07, 6.45) is 1.86. The lowest BCUT2D eigenvalue weighted by Gasteiger charge is -2.01. The summed E-state index contributed by atoms with van der Waals surface area (Å²) in [6, 6.07) is 0.126. The van der Waals surface area contributed by atoms with Crippen molar-refractivity contribution in [1.29, 1.82) is 0 Å². The quantitative estimate of drug-likeness (QED) is 0.715. The number of carboxylic acids is 1. The van der Waals surface area contributed by atoms with E-state index < -0.39 is 5.97 Å². The van der Waals surface area contributed by atoms with Crippen LogP contribution in [0.25, 0.3) is 0 Å². The maximum absolute atomic E-state index is 10.4. The van der Waals surface area contributed by atoms with Crippen LogP contribution < -0.4 is 5.32 Å². The molecule has 0 amide bonds. The molecule has 1 atom stereocenters. The Labute approximate surface area is 80.3 Å². The van der Waals surface area contributed by atoms with E-state index in [0.29, 0.717) is 5.82 Å². The Morgan fingerprint density at radius 2 is 2.57 bits per heavy atom. The van der Waals surface area contributed by atoms with E-state index in [4.69, 9.17) is 9.63 Å². The highest BCUT2D eigenvalue weighted by molar-refractivity contribution is 5.68. The first-order valence-electron chi connectivity index (χ1n) is 4.53. The molecule has 6 nitrogen and oxygen atoms in total. The Morgan fingerprint density at radius 1 is 1.71 bits per heavy atom. The summed E-state index contributed by atoms with van der Waals surface area (Å²) >= 11 is 0. The molecule has 14 heavy (non-hydrogen) atoms. The fourth-order valence-corrected chi connectivity index (χ4v) is 1.52. The van der Waals surface area contributed by atoms with Crippen LogP contribution in [0.15, 0.2) is 4.52 Å². The zero-order chi connectivity index (χ0) is 9.97. The number of aliphatic carboxylic acids is 1. The van der Waals surface area contributed by atoms with Crippen molar-refractivity contribution in [2.24, 2.45) is 0 Å². The number of hydrogen-bond donors (Lipinski definition) is 2. The van der Waals surface area contributed by atoms with Crippen molar-refractivity contribution in [3.8, 4) is 0 Å². The molecule has 76 valence electrons. The summed E-state index contributed by atoms with van der Waals surface area (Å²) in [4.78, 5) is 14.4. The molecule has 0 saturated carbocycles. The van der Waals surface area contributed by atoms with Crippen LogP contribution >= 0.6 is 0 Å². The van der Waals surface area contributed by atoms with E-state index in [2.05, 4.69) is 15.5 Å². The van der Waals surface area contributed by atoms with E-state index in [0.717, 1.165) is 19.4 Å². The van der Waals surface area contributed by atoms with Crippen molar-refractivity contribution in [2.45, 2.75) is 25.3 Å². The lowest BCUT2D eigenvalue weighted by molar-refractivity contribution is -0.136. The molecule has 1 fully saturated rings. The van der Waals surface area contributed by atoms with E-state index in [1.807, 2.05) is 0 Å². The van der Waals surface area contributed by atoms with E-state index in [1.165, 1.54) is 0 Å². The molecule has 1 aliphatic rings. The minimum absolute atomic E-state index is 0.126. The molecule has 0 radical (unpaired) electrons. The van der Waals surface area contributed by atoms with Gasteiger partial charge in [0.2, 0.25) is 5.89 Å². The standard InChI is InChI=1S/C8H11N3O3/c12-7(13)4-6-10-8(11-14-6)5-2-1-3-9-5/h5,9H,1-4H2,(H,12,13). The molecule has 2 rings (SSSR count). The molecule has 2 N–H and O–H groups in total. The predicted octanol–water partition coefficient (Wildman–Crippen LogP) is 0.121. The van der Waals surface area contributed by atoms with Gasteiger partial charge in [-0.2, -0.15) is 4.98 Å². The first-order chi connectivity index (χ1) is 6.75. The number of rotatable bonds is 3. The molecule has 0 bridgehead atoms. The third-order valence-corrected chi connectivity index (χ3v) is 2.16. The van der Waals surface area contributed by atoms with E-state index >= 15 is 0 Å². The fourth-order valence-electron chi connectivity index (χ4n) is 1.52. The summed E-state index contributed by atoms with van der Waals surface area (Å²) in [5, 5.41) is 15.4. The number of nitrogens with zero attached hydrogens (tertiary/aromatic N) is 2. The van der Waals surface area contributed by atoms with Crippen LogP contribution in [0.5, 0.6) is 0 Å². The summed E-state index contributed by atoms with van der Waals surface area (Å²) < 4.78 is 4.81. The average molecular weight is 197 g/mol. The Morgan fingerprint density at radius 3 is 3.21 bits per heavy atom. The Bertz CT molecular complexity index is 330. The van der Waals surface area contributed by atoms with Gasteiger partial charge >= 0.3 is 5.97 Å². The summed E-state index contributed by atoms with van der Waals surface area (Å²) in [7, 11) is 0. The van der Waals surface area contributed by atoms with Gasteiger partial charge in [-0.15, -0.1) is 0 Å². The zero-order valence-corrected chi connectivity index (χ0v) is 7.56. The van der Waals surface area contributed by atoms with Crippen molar-refractivity contribution in [3.05, 3.63) is 11.7 Å². The van der Waals surface area contributed by atoms with Gasteiger partial charge in [-0.3, -0.25) is 4.79 Å². The van der Waals surface area contributed by atoms with Crippen molar-refractivity contribution in [1.82, 2.24) is 15.5 Å². The predicted molar refractivity (Wildman–Crippen MR) is 45.6 cm³/mol. The smallest absolute Gasteiger partial charge is 0.312 e. The highest BCUT2D eigenvalue weighted by Gasteiger charge is 2.22. The molecule has 0 spiro atoms. The molecule has 1 aromatic heterocycles. The number of hydrogen-bond acceptors (Lipinski definition) is 5. The van der Waals surface area contributed by atoms with Crippen LogP contribution in [-0.4, -0.2) is 27.8 Å². The maximum atomic E-state index is 10.4. The monoisotopic (exact) mass is 197 g/mol. The molecule has 2 heterocycles. The molecule has 0 aliphatic carbocycles. The van der Waals surface area contributed by atoms with Gasteiger partial charge in [0, 0.05) is 0 Å². The molecule has 1 saturated heterocycles. The average Bonchev–Trinajstić information content (AvgIpc) is 2.69. The van der Waals surface area contributed by atoms with Crippen LogP contribution in [0.1, 0.15) is 30.6 Å². The Kier molecular flexibility index (Phi) is 2.45. The van der Waals surface area contributed by atoms with Gasteiger partial charge in [-0.25, -0.2) is 0 Å². The van der Waals surface area contributed by atoms with E-state index in [1.54, 1.807) is 0 Å². The minimum atomic E-state index is -0.959. The van der Waals surface area contributed by atoms with Crippen LogP contribution in [0.3, 0.4) is 0 Å². The molecule has 1 aromatic rings. The topological polar surface area (TPSA) is 88.2 Å². The minimum Gasteiger partial charge on any atom is -0.481 e. The highest BCUT2D eigenvalue weighted by atomic mass is 16.5. The Hall–Kier alpha value is -1.43. The number of carboxylic acid groups (broad SMARTS) is 1. The van der Waals surface area contributed by atoms with Gasteiger partial charge in [0.1, 0.15) is 6.42 Å². The van der Waals surface area contributed by atoms with Crippen LogP contribution in [-0.2, 0) is 11.2 Å². The van der Waals surface area contributed by atoms with E-state index in [-0.39, 0.29) is 18.4 Å². The normalized spacial score (nSPS) is 21.3. The third-order valence-electron chi connectivity index (χ3n) is 2.16. The molecular formula is C8H11N3O3. The largest absolute Gasteiger partial charge is 0.481 e. The first kappa shape index (κ1) is 9.14. The lowest BCUT2D eigenvalue weighted by Crippen LogP contribution is -2.14. The summed E-state index contributed by atoms with van der Waals surface area (Å²) in [6.45, 7) is 0.952. The van der Waals surface area contributed by atoms with Gasteiger partial charge < -0.3 is 14.9 Å². The number of aromatic nitrogens is 2. The van der Waals surface area contributed by atoms with Gasteiger partial charge in [0.05, 0.1) is 6.04 Å². The lowest BCUT2D eigenvalue weighted by atomic mass is 10.2. The first-order valence-corrected chi connectivity index (χ1v) is 4.53. The maximum Gasteiger partial charge on any atom is 0.312 e. The van der Waals surface area contributed by atoms with Crippen LogP contribution in [0.4, 0.5) is 0 Å². The molecule has 1 aliphatic heterocycles. The second-order valence-corrected chi connectivity index (χ2v) is 3.27. The Balaban J connectivity index is 2.05. The SMILES string of the molecule is O=C(O)Cc1nc(C2CCCN2)no1. The van der Waals surface area contributed by atoms with Gasteiger partial charge in [-0.1, -0.05) is 5.16 Å². The summed E-state index contributed by atoms with van der Waals surface area (Å²) in [5.41, 5.74) is 0. The number of carbonyl (C=O) groups is 1. The van der Waals surface area contributed by atoms with Crippen molar-refractivity contribution < 1.29 is 14.4 Å². The zero-order valence-electron chi connectivity index (χ0n) is 7.56. The third kappa shape index (κ3) is 1.90. The molecule has 6 heteroatoms. The number of nitrogens with one attached hydrogen (secondary N) is 1. The van der Waals surface area contributed by atoms with Crippen molar-refractivity contribution in [3.63, 3.8) is 0 Å². The van der Waals surface area contributed by atoms with Crippen molar-refractivity contribution in [2.75, 3.05) is 6.54 Å². The van der Waals surface area contributed by atoms with Gasteiger partial charge in [0.15, 0.2) is 5.82 Å². The molecule has 1 unspecified atom stereocenters. The van der Waals surface area contributed by atoms with E-state index in [9.17, 15) is 4.79 Å². The second-order valence-electron chi connectivity index (χ2n) is 3.27. The highest BCUT2D eigenvalue weighted by Crippen LogP contribution is 2.19. The van der Waals surface area contributed by atoms with Gasteiger partial charge in [0.25, 0.3) is 0 Å². The van der Waals surface area contributed by atoms with Crippen LogP contribution in [0.2, 0.25) is 0 Å². The van der Waals surface area contributed by atoms with Crippen molar-refractivity contribution >= 4 is 5.97 Å². The fraction of sp³-hybridized carbons (Fsp3) is 0.625. The van der Waals surface area contributed by atoms with Crippen LogP contribution in [0, 0.1) is 0 Å².